The summed E-state index contributed by atoms with van der Waals surface area (Å²) in [5.74, 6) is 1.25. The minimum absolute atomic E-state index is 0.0884. The van der Waals surface area contributed by atoms with Gasteiger partial charge in [-0.1, -0.05) is 25.1 Å². The molecule has 1 atom stereocenters. The fourth-order valence-corrected chi connectivity index (χ4v) is 2.11. The molecule has 0 spiro atoms. The smallest absolute Gasteiger partial charge is 0.248 e. The zero-order chi connectivity index (χ0) is 13.8. The van der Waals surface area contributed by atoms with Crippen LogP contribution in [-0.4, -0.2) is 16.7 Å². The number of aryl methyl sites for hydroxylation is 2. The van der Waals surface area contributed by atoms with E-state index in [0.717, 1.165) is 29.7 Å². The number of hydrogen-bond acceptors (Lipinski definition) is 4. The second-order valence-electron chi connectivity index (χ2n) is 4.89. The Hall–Kier alpha value is -1.68. The summed E-state index contributed by atoms with van der Waals surface area (Å²) in [7, 11) is 0. The summed E-state index contributed by atoms with van der Waals surface area (Å²) in [6.07, 6.45) is 1.09. The van der Waals surface area contributed by atoms with Gasteiger partial charge in [-0.3, -0.25) is 0 Å². The first kappa shape index (κ1) is 13.7. The SMILES string of the molecule is CCCNC(C)c1nnc(-c2c(C)cccc2C)o1. The molecule has 19 heavy (non-hydrogen) atoms. The molecule has 0 aliphatic rings. The molecule has 0 amide bonds. The van der Waals surface area contributed by atoms with Crippen molar-refractivity contribution in [3.63, 3.8) is 0 Å². The van der Waals surface area contributed by atoms with Crippen LogP contribution in [0.2, 0.25) is 0 Å². The summed E-state index contributed by atoms with van der Waals surface area (Å²) >= 11 is 0. The summed E-state index contributed by atoms with van der Waals surface area (Å²) in [4.78, 5) is 0. The van der Waals surface area contributed by atoms with E-state index >= 15 is 0 Å². The third-order valence-electron chi connectivity index (χ3n) is 3.21. The monoisotopic (exact) mass is 259 g/mol. The van der Waals surface area contributed by atoms with E-state index in [1.165, 1.54) is 0 Å². The van der Waals surface area contributed by atoms with E-state index in [9.17, 15) is 0 Å². The maximum atomic E-state index is 5.81. The maximum Gasteiger partial charge on any atom is 0.248 e. The van der Waals surface area contributed by atoms with Gasteiger partial charge < -0.3 is 9.73 Å². The van der Waals surface area contributed by atoms with Crippen LogP contribution >= 0.6 is 0 Å². The molecule has 1 N–H and O–H groups in total. The number of nitrogens with zero attached hydrogens (tertiary/aromatic N) is 2. The lowest BCUT2D eigenvalue weighted by molar-refractivity contribution is 0.423. The molecule has 1 aromatic carbocycles. The molecule has 0 aliphatic heterocycles. The van der Waals surface area contributed by atoms with Crippen LogP contribution in [0.5, 0.6) is 0 Å². The fourth-order valence-electron chi connectivity index (χ4n) is 2.11. The van der Waals surface area contributed by atoms with E-state index in [1.54, 1.807) is 0 Å². The largest absolute Gasteiger partial charge is 0.419 e. The highest BCUT2D eigenvalue weighted by Gasteiger charge is 2.16. The molecule has 0 saturated carbocycles. The molecule has 1 unspecified atom stereocenters. The van der Waals surface area contributed by atoms with Crippen molar-refractivity contribution < 1.29 is 4.42 Å². The average Bonchev–Trinajstić information content (AvgIpc) is 2.85. The van der Waals surface area contributed by atoms with Gasteiger partial charge in [-0.05, 0) is 44.9 Å². The van der Waals surface area contributed by atoms with Crippen LogP contribution in [0.4, 0.5) is 0 Å². The minimum Gasteiger partial charge on any atom is -0.419 e. The molecule has 102 valence electrons. The Bertz CT molecular complexity index is 528. The Morgan fingerprint density at radius 2 is 1.89 bits per heavy atom. The van der Waals surface area contributed by atoms with Gasteiger partial charge in [0.25, 0.3) is 0 Å². The second-order valence-corrected chi connectivity index (χ2v) is 4.89. The van der Waals surface area contributed by atoms with Gasteiger partial charge in [0.2, 0.25) is 11.8 Å². The molecule has 0 bridgehead atoms. The zero-order valence-electron chi connectivity index (χ0n) is 12.0. The highest BCUT2D eigenvalue weighted by Crippen LogP contribution is 2.26. The average molecular weight is 259 g/mol. The van der Waals surface area contributed by atoms with Gasteiger partial charge in [0.1, 0.15) is 0 Å². The number of rotatable bonds is 5. The van der Waals surface area contributed by atoms with Crippen LogP contribution in [0.3, 0.4) is 0 Å². The number of hydrogen-bond donors (Lipinski definition) is 1. The van der Waals surface area contributed by atoms with E-state index in [0.29, 0.717) is 11.8 Å². The van der Waals surface area contributed by atoms with Gasteiger partial charge >= 0.3 is 0 Å². The molecule has 0 radical (unpaired) electrons. The summed E-state index contributed by atoms with van der Waals surface area (Å²) in [6.45, 7) is 9.24. The first-order chi connectivity index (χ1) is 9.13. The standard InChI is InChI=1S/C15H21N3O/c1-5-9-16-12(4)14-17-18-15(19-14)13-10(2)7-6-8-11(13)3/h6-8,12,16H,5,9H2,1-4H3. The van der Waals surface area contributed by atoms with E-state index < -0.39 is 0 Å². The van der Waals surface area contributed by atoms with Gasteiger partial charge in [0.15, 0.2) is 0 Å². The van der Waals surface area contributed by atoms with Crippen molar-refractivity contribution in [1.29, 1.82) is 0 Å². The minimum atomic E-state index is 0.0884. The molecule has 0 aliphatic carbocycles. The van der Waals surface area contributed by atoms with Crippen molar-refractivity contribution >= 4 is 0 Å². The van der Waals surface area contributed by atoms with Gasteiger partial charge in [0, 0.05) is 5.56 Å². The number of benzene rings is 1. The fraction of sp³-hybridized carbons (Fsp3) is 0.467. The third kappa shape index (κ3) is 3.01. The van der Waals surface area contributed by atoms with Crippen LogP contribution in [0.1, 0.15) is 43.3 Å². The highest BCUT2D eigenvalue weighted by atomic mass is 16.4. The number of nitrogens with one attached hydrogen (secondary N) is 1. The summed E-state index contributed by atoms with van der Waals surface area (Å²) in [6, 6.07) is 6.25. The molecule has 2 aromatic rings. The Labute approximate surface area is 114 Å². The molecular weight excluding hydrogens is 238 g/mol. The molecular formula is C15H21N3O. The van der Waals surface area contributed by atoms with Crippen molar-refractivity contribution in [3.8, 4) is 11.5 Å². The van der Waals surface area contributed by atoms with E-state index in [4.69, 9.17) is 4.42 Å². The van der Waals surface area contributed by atoms with Crippen molar-refractivity contribution in [2.45, 2.75) is 40.2 Å². The van der Waals surface area contributed by atoms with Gasteiger partial charge in [-0.15, -0.1) is 10.2 Å². The predicted molar refractivity (Wildman–Crippen MR) is 75.9 cm³/mol. The van der Waals surface area contributed by atoms with E-state index in [1.807, 2.05) is 13.0 Å². The van der Waals surface area contributed by atoms with Crippen LogP contribution in [0, 0.1) is 13.8 Å². The molecule has 1 heterocycles. The van der Waals surface area contributed by atoms with Gasteiger partial charge in [-0.25, -0.2) is 0 Å². The van der Waals surface area contributed by atoms with Crippen LogP contribution in [0.25, 0.3) is 11.5 Å². The topological polar surface area (TPSA) is 51.0 Å². The molecule has 0 fully saturated rings. The third-order valence-corrected chi connectivity index (χ3v) is 3.21. The van der Waals surface area contributed by atoms with Crippen molar-refractivity contribution in [2.24, 2.45) is 0 Å². The Morgan fingerprint density at radius 1 is 1.21 bits per heavy atom. The quantitative estimate of drug-likeness (QED) is 0.894. The van der Waals surface area contributed by atoms with Crippen LogP contribution in [-0.2, 0) is 0 Å². The predicted octanol–water partition coefficient (Wildman–Crippen LogP) is 3.41. The molecule has 4 nitrogen and oxygen atoms in total. The number of aromatic nitrogens is 2. The lowest BCUT2D eigenvalue weighted by atomic mass is 10.0. The summed E-state index contributed by atoms with van der Waals surface area (Å²) in [5.41, 5.74) is 3.36. The van der Waals surface area contributed by atoms with Crippen LogP contribution in [0.15, 0.2) is 22.6 Å². The molecule has 0 saturated heterocycles. The Balaban J connectivity index is 2.26. The van der Waals surface area contributed by atoms with Crippen molar-refractivity contribution in [3.05, 3.63) is 35.2 Å². The summed E-state index contributed by atoms with van der Waals surface area (Å²) in [5, 5.41) is 11.7. The molecule has 4 heteroatoms. The maximum absolute atomic E-state index is 5.81. The second kappa shape index (κ2) is 5.97. The lowest BCUT2D eigenvalue weighted by Crippen LogP contribution is -2.19. The molecule has 1 aromatic heterocycles. The van der Waals surface area contributed by atoms with E-state index in [2.05, 4.69) is 48.4 Å². The first-order valence-corrected chi connectivity index (χ1v) is 6.76. The van der Waals surface area contributed by atoms with Crippen LogP contribution < -0.4 is 5.32 Å². The van der Waals surface area contributed by atoms with E-state index in [-0.39, 0.29) is 6.04 Å². The lowest BCUT2D eigenvalue weighted by Gasteiger charge is -2.08. The zero-order valence-corrected chi connectivity index (χ0v) is 12.0. The van der Waals surface area contributed by atoms with Gasteiger partial charge in [0.05, 0.1) is 6.04 Å². The van der Waals surface area contributed by atoms with Crippen molar-refractivity contribution in [1.82, 2.24) is 15.5 Å². The Kier molecular flexibility index (Phi) is 4.32. The first-order valence-electron chi connectivity index (χ1n) is 6.76. The molecule has 2 rings (SSSR count). The normalized spacial score (nSPS) is 12.6. The van der Waals surface area contributed by atoms with Crippen molar-refractivity contribution in [2.75, 3.05) is 6.54 Å². The highest BCUT2D eigenvalue weighted by molar-refractivity contribution is 5.62. The summed E-state index contributed by atoms with van der Waals surface area (Å²) < 4.78 is 5.81. The van der Waals surface area contributed by atoms with Gasteiger partial charge in [-0.2, -0.15) is 0 Å². The Morgan fingerprint density at radius 3 is 2.53 bits per heavy atom.